The number of nitrogens with zero attached hydrogens (tertiary/aromatic N) is 4. The highest BCUT2D eigenvalue weighted by atomic mass is 15.1. The van der Waals surface area contributed by atoms with Gasteiger partial charge in [-0.15, -0.1) is 6.42 Å². The lowest BCUT2D eigenvalue weighted by atomic mass is 10.1. The molecule has 5 aromatic rings. The summed E-state index contributed by atoms with van der Waals surface area (Å²) in [5.41, 5.74) is 5.57. The molecule has 0 radical (unpaired) electrons. The Morgan fingerprint density at radius 1 is 0.760 bits per heavy atom. The summed E-state index contributed by atoms with van der Waals surface area (Å²) in [7, 11) is 0. The molecule has 4 heteroatoms. The maximum absolute atomic E-state index is 5.46. The molecule has 4 nitrogen and oxygen atoms in total. The van der Waals surface area contributed by atoms with Gasteiger partial charge in [-0.2, -0.15) is 0 Å². The van der Waals surface area contributed by atoms with Crippen molar-refractivity contribution >= 4 is 32.8 Å². The summed E-state index contributed by atoms with van der Waals surface area (Å²) >= 11 is 0. The van der Waals surface area contributed by atoms with Gasteiger partial charge in [-0.05, 0) is 48.5 Å². The van der Waals surface area contributed by atoms with Gasteiger partial charge < -0.3 is 0 Å². The van der Waals surface area contributed by atoms with Crippen LogP contribution in [-0.2, 0) is 0 Å². The maximum atomic E-state index is 5.46. The number of rotatable bonds is 1. The molecule has 0 atom stereocenters. The highest BCUT2D eigenvalue weighted by Crippen LogP contribution is 2.33. The van der Waals surface area contributed by atoms with Crippen molar-refractivity contribution in [3.05, 3.63) is 72.8 Å². The van der Waals surface area contributed by atoms with Gasteiger partial charge in [-0.1, -0.05) is 5.92 Å². The van der Waals surface area contributed by atoms with E-state index in [1.54, 1.807) is 12.4 Å². The summed E-state index contributed by atoms with van der Waals surface area (Å²) in [5.74, 6) is 2.65. The minimum atomic E-state index is 0.856. The van der Waals surface area contributed by atoms with Gasteiger partial charge in [0.1, 0.15) is 6.33 Å². The highest BCUT2D eigenvalue weighted by molar-refractivity contribution is 6.20. The summed E-state index contributed by atoms with van der Waals surface area (Å²) in [6.07, 6.45) is 10.9. The maximum Gasteiger partial charge on any atom is 0.100 e. The molecule has 2 aromatic carbocycles. The molecule has 0 saturated carbocycles. The van der Waals surface area contributed by atoms with Crippen LogP contribution in [0.2, 0.25) is 0 Å². The van der Waals surface area contributed by atoms with Crippen LogP contribution in [0.5, 0.6) is 0 Å². The first kappa shape index (κ1) is 13.7. The molecule has 0 spiro atoms. The van der Waals surface area contributed by atoms with Crippen molar-refractivity contribution in [3.63, 3.8) is 0 Å². The van der Waals surface area contributed by atoms with Gasteiger partial charge in [-0.3, -0.25) is 14.5 Å². The second kappa shape index (κ2) is 5.15. The lowest BCUT2D eigenvalue weighted by Crippen LogP contribution is -1.94. The molecule has 116 valence electrons. The molecule has 0 aliphatic rings. The first-order chi connectivity index (χ1) is 12.4. The van der Waals surface area contributed by atoms with Crippen molar-refractivity contribution in [2.75, 3.05) is 0 Å². The summed E-state index contributed by atoms with van der Waals surface area (Å²) < 4.78 is 2.08. The van der Waals surface area contributed by atoms with Crippen molar-refractivity contribution in [2.24, 2.45) is 0 Å². The molecule has 3 heterocycles. The number of benzene rings is 2. The number of imidazole rings is 1. The fraction of sp³-hybridized carbons (Fsp3) is 0. The molecule has 0 N–H and O–H groups in total. The second-order valence-corrected chi connectivity index (χ2v) is 5.80. The summed E-state index contributed by atoms with van der Waals surface area (Å²) in [6, 6.07) is 15.9. The number of hydrogen-bond acceptors (Lipinski definition) is 3. The van der Waals surface area contributed by atoms with Crippen LogP contribution < -0.4 is 0 Å². The topological polar surface area (TPSA) is 43.6 Å². The average molecular weight is 320 g/mol. The van der Waals surface area contributed by atoms with Gasteiger partial charge in [-0.25, -0.2) is 4.98 Å². The first-order valence-electron chi connectivity index (χ1n) is 7.92. The quantitative estimate of drug-likeness (QED) is 0.345. The molecule has 0 bridgehead atoms. The van der Waals surface area contributed by atoms with Crippen LogP contribution in [0.4, 0.5) is 0 Å². The van der Waals surface area contributed by atoms with Crippen molar-refractivity contribution in [1.29, 1.82) is 0 Å². The number of terminal acetylenes is 1. The minimum Gasteiger partial charge on any atom is -0.298 e. The third-order valence-corrected chi connectivity index (χ3v) is 4.43. The van der Waals surface area contributed by atoms with Crippen molar-refractivity contribution in [3.8, 4) is 18.0 Å². The van der Waals surface area contributed by atoms with Gasteiger partial charge in [0.05, 0.1) is 22.1 Å². The molecule has 0 fully saturated rings. The van der Waals surface area contributed by atoms with E-state index in [1.807, 2.05) is 48.8 Å². The number of fused-ring (bicyclic) bond motifs is 6. The highest BCUT2D eigenvalue weighted by Gasteiger charge is 2.15. The van der Waals surface area contributed by atoms with Gasteiger partial charge >= 0.3 is 0 Å². The van der Waals surface area contributed by atoms with Crippen LogP contribution in [0.15, 0.2) is 67.3 Å². The van der Waals surface area contributed by atoms with Crippen molar-refractivity contribution in [2.45, 2.75) is 0 Å². The van der Waals surface area contributed by atoms with Gasteiger partial charge in [0.2, 0.25) is 0 Å². The molecule has 0 saturated heterocycles. The predicted molar refractivity (Wildman–Crippen MR) is 99.6 cm³/mol. The van der Waals surface area contributed by atoms with E-state index in [2.05, 4.69) is 31.5 Å². The molecule has 0 amide bonds. The number of aromatic nitrogens is 4. The van der Waals surface area contributed by atoms with Crippen LogP contribution in [0.25, 0.3) is 38.5 Å². The van der Waals surface area contributed by atoms with Crippen LogP contribution in [0.3, 0.4) is 0 Å². The second-order valence-electron chi connectivity index (χ2n) is 5.80. The van der Waals surface area contributed by atoms with E-state index in [0.29, 0.717) is 0 Å². The van der Waals surface area contributed by atoms with E-state index >= 15 is 0 Å². The zero-order valence-electron chi connectivity index (χ0n) is 13.2. The lowest BCUT2D eigenvalue weighted by molar-refractivity contribution is 1.09. The molecule has 3 aromatic heterocycles. The molecule has 5 rings (SSSR count). The molecule has 0 aliphatic carbocycles. The Bertz CT molecular complexity index is 1290. The first-order valence-corrected chi connectivity index (χ1v) is 7.92. The molecule has 25 heavy (non-hydrogen) atoms. The molecular formula is C21H12N4. The largest absolute Gasteiger partial charge is 0.298 e. The van der Waals surface area contributed by atoms with Crippen LogP contribution in [0.1, 0.15) is 5.56 Å². The van der Waals surface area contributed by atoms with E-state index < -0.39 is 0 Å². The Labute approximate surface area is 143 Å². The number of pyridine rings is 2. The zero-order chi connectivity index (χ0) is 16.8. The van der Waals surface area contributed by atoms with Gasteiger partial charge in [0.25, 0.3) is 0 Å². The Hall–Kier alpha value is -3.71. The number of hydrogen-bond donors (Lipinski definition) is 0. The average Bonchev–Trinajstić information content (AvgIpc) is 3.14. The predicted octanol–water partition coefficient (Wildman–Crippen LogP) is 4.10. The molecule has 0 aliphatic heterocycles. The van der Waals surface area contributed by atoms with Crippen LogP contribution in [-0.4, -0.2) is 19.5 Å². The fourth-order valence-corrected chi connectivity index (χ4v) is 3.29. The lowest BCUT2D eigenvalue weighted by Gasteiger charge is -2.09. The Morgan fingerprint density at radius 2 is 1.44 bits per heavy atom. The van der Waals surface area contributed by atoms with E-state index in [4.69, 9.17) is 6.42 Å². The summed E-state index contributed by atoms with van der Waals surface area (Å²) in [5, 5.41) is 2.03. The standard InChI is InChI=1S/C21H12N4/c1-2-14-7-9-15(10-8-14)25-13-24-20-16-5-3-11-22-18(16)19-17(21(20)25)6-4-12-23-19/h1,3-13H. The third kappa shape index (κ3) is 1.93. The van der Waals surface area contributed by atoms with E-state index in [-0.39, 0.29) is 0 Å². The molecule has 0 unspecified atom stereocenters. The molecular weight excluding hydrogens is 308 g/mol. The Kier molecular flexibility index (Phi) is 2.82. The SMILES string of the molecule is C#Cc1ccc(-n2cnc3c4cccnc4c4ncccc4c32)cc1. The minimum absolute atomic E-state index is 0.856. The monoisotopic (exact) mass is 320 g/mol. The van der Waals surface area contributed by atoms with E-state index in [0.717, 1.165) is 44.1 Å². The normalized spacial score (nSPS) is 11.2. The van der Waals surface area contributed by atoms with Gasteiger partial charge in [0, 0.05) is 34.4 Å². The van der Waals surface area contributed by atoms with E-state index in [1.165, 1.54) is 0 Å². The zero-order valence-corrected chi connectivity index (χ0v) is 13.2. The van der Waals surface area contributed by atoms with Gasteiger partial charge in [0.15, 0.2) is 0 Å². The smallest absolute Gasteiger partial charge is 0.100 e. The third-order valence-electron chi connectivity index (χ3n) is 4.43. The fourth-order valence-electron chi connectivity index (χ4n) is 3.29. The summed E-state index contributed by atoms with van der Waals surface area (Å²) in [6.45, 7) is 0. The Morgan fingerprint density at radius 3 is 2.16 bits per heavy atom. The van der Waals surface area contributed by atoms with Crippen molar-refractivity contribution in [1.82, 2.24) is 19.5 Å². The van der Waals surface area contributed by atoms with Crippen LogP contribution >= 0.6 is 0 Å². The summed E-state index contributed by atoms with van der Waals surface area (Å²) in [4.78, 5) is 13.8. The van der Waals surface area contributed by atoms with Crippen molar-refractivity contribution < 1.29 is 0 Å². The Balaban J connectivity index is 1.95. The van der Waals surface area contributed by atoms with E-state index in [9.17, 15) is 0 Å². The van der Waals surface area contributed by atoms with Crippen LogP contribution in [0, 0.1) is 12.3 Å².